The van der Waals surface area contributed by atoms with E-state index in [1.165, 1.54) is 29.0 Å². The highest BCUT2D eigenvalue weighted by Gasteiger charge is 2.48. The van der Waals surface area contributed by atoms with Gasteiger partial charge in [-0.15, -0.1) is 11.3 Å². The average Bonchev–Trinajstić information content (AvgIpc) is 3.15. The maximum absolute atomic E-state index is 10.9. The van der Waals surface area contributed by atoms with Crippen LogP contribution in [-0.2, 0) is 9.47 Å². The molecule has 3 N–H and O–H groups in total. The molecular formula is C23H30N2O8S. The van der Waals surface area contributed by atoms with Gasteiger partial charge in [-0.05, 0) is 32.8 Å². The molecule has 34 heavy (non-hydrogen) atoms. The van der Waals surface area contributed by atoms with Crippen molar-refractivity contribution >= 4 is 23.1 Å². The van der Waals surface area contributed by atoms with Crippen molar-refractivity contribution in [3.05, 3.63) is 39.2 Å². The first-order valence-corrected chi connectivity index (χ1v) is 12.2. The van der Waals surface area contributed by atoms with Gasteiger partial charge in [0.2, 0.25) is 5.89 Å². The first-order chi connectivity index (χ1) is 16.1. The second kappa shape index (κ2) is 10.2. The third-order valence-electron chi connectivity index (χ3n) is 6.63. The molecule has 0 amide bonds. The molecule has 2 aromatic heterocycles. The van der Waals surface area contributed by atoms with E-state index in [-0.39, 0.29) is 29.7 Å². The largest absolute Gasteiger partial charge is 0.436 e. The Morgan fingerprint density at radius 2 is 2.12 bits per heavy atom. The Labute approximate surface area is 201 Å². The Hall–Kier alpha value is -2.15. The highest BCUT2D eigenvalue weighted by molar-refractivity contribution is 7.13. The van der Waals surface area contributed by atoms with E-state index in [9.17, 15) is 25.4 Å². The average molecular weight is 495 g/mol. The topological polar surface area (TPSA) is 152 Å². The monoisotopic (exact) mass is 494 g/mol. The molecule has 0 unspecified atom stereocenters. The molecule has 8 atom stereocenters. The van der Waals surface area contributed by atoms with Gasteiger partial charge in [-0.25, -0.2) is 4.98 Å². The number of aromatic nitrogens is 1. The van der Waals surface area contributed by atoms with Crippen LogP contribution in [0.2, 0.25) is 0 Å². The number of rotatable bonds is 9. The van der Waals surface area contributed by atoms with E-state index in [2.05, 4.69) is 4.98 Å². The Bertz CT molecular complexity index is 1030. The summed E-state index contributed by atoms with van der Waals surface area (Å²) in [4.78, 5) is 15.2. The molecule has 0 radical (unpaired) electrons. The second-order valence-electron chi connectivity index (χ2n) is 9.27. The Morgan fingerprint density at radius 3 is 2.79 bits per heavy atom. The lowest BCUT2D eigenvalue weighted by Gasteiger charge is -2.38. The number of nitro groups is 1. The number of epoxide rings is 1. The number of hydrogen-bond donors (Lipinski definition) is 3. The van der Waals surface area contributed by atoms with E-state index in [1.54, 1.807) is 13.0 Å². The lowest BCUT2D eigenvalue weighted by molar-refractivity contribution is -0.384. The molecule has 0 aromatic carbocycles. The minimum Gasteiger partial charge on any atom is -0.436 e. The fourth-order valence-corrected chi connectivity index (χ4v) is 5.12. The van der Waals surface area contributed by atoms with Crippen molar-refractivity contribution in [2.24, 2.45) is 11.8 Å². The van der Waals surface area contributed by atoms with Gasteiger partial charge in [-0.3, -0.25) is 10.1 Å². The summed E-state index contributed by atoms with van der Waals surface area (Å²) >= 11 is 1.21. The van der Waals surface area contributed by atoms with E-state index < -0.39 is 29.3 Å². The molecule has 11 heteroatoms. The first-order valence-electron chi connectivity index (χ1n) is 11.3. The van der Waals surface area contributed by atoms with Crippen LogP contribution >= 0.6 is 11.3 Å². The standard InChI is InChI=1S/C23H30N2O8S/c1-11(5-20-24-8-18(32-20)19-7-15(10-34-19)25(29)30)4-16-22(28)21(27)14(9-31-16)6-17-23(33-17)12(2)13(3)26/h5,7-8,10,12-14,16-17,21-23,26-28H,4,6,9H2,1-3H3/b11-5+/t12-,13-,14-,16-,17+,21+,22-,23-/m0/s1. The predicted octanol–water partition coefficient (Wildman–Crippen LogP) is 3.02. The second-order valence-corrected chi connectivity index (χ2v) is 10.2. The maximum atomic E-state index is 10.9. The van der Waals surface area contributed by atoms with Crippen LogP contribution in [0, 0.1) is 22.0 Å². The van der Waals surface area contributed by atoms with Crippen LogP contribution in [0.5, 0.6) is 0 Å². The van der Waals surface area contributed by atoms with Gasteiger partial charge in [0.1, 0.15) is 6.10 Å². The molecule has 0 aliphatic carbocycles. The Morgan fingerprint density at radius 1 is 1.35 bits per heavy atom. The van der Waals surface area contributed by atoms with E-state index in [0.29, 0.717) is 36.0 Å². The summed E-state index contributed by atoms with van der Waals surface area (Å²) in [6.07, 6.45) is 1.12. The minimum atomic E-state index is -1.04. The number of thiophene rings is 1. The first kappa shape index (κ1) is 25.0. The van der Waals surface area contributed by atoms with Crippen LogP contribution in [0.4, 0.5) is 5.69 Å². The zero-order valence-corrected chi connectivity index (χ0v) is 20.1. The third kappa shape index (κ3) is 5.56. The molecule has 0 bridgehead atoms. The van der Waals surface area contributed by atoms with Crippen LogP contribution in [0.25, 0.3) is 16.7 Å². The summed E-state index contributed by atoms with van der Waals surface area (Å²) in [6.45, 7) is 5.84. The zero-order chi connectivity index (χ0) is 24.6. The minimum absolute atomic E-state index is 0.00575. The number of ether oxygens (including phenoxy) is 2. The van der Waals surface area contributed by atoms with Crippen LogP contribution < -0.4 is 0 Å². The lowest BCUT2D eigenvalue weighted by atomic mass is 9.85. The lowest BCUT2D eigenvalue weighted by Crippen LogP contribution is -2.50. The van der Waals surface area contributed by atoms with Gasteiger partial charge in [0.15, 0.2) is 5.76 Å². The van der Waals surface area contributed by atoms with Crippen molar-refractivity contribution in [2.45, 2.75) is 70.2 Å². The molecule has 4 heterocycles. The van der Waals surface area contributed by atoms with Crippen LogP contribution in [0.3, 0.4) is 0 Å². The van der Waals surface area contributed by atoms with Gasteiger partial charge >= 0.3 is 0 Å². The molecule has 0 saturated carbocycles. The fraction of sp³-hybridized carbons (Fsp3) is 0.609. The normalized spacial score (nSPS) is 31.3. The molecule has 10 nitrogen and oxygen atoms in total. The molecule has 2 aliphatic rings. The zero-order valence-electron chi connectivity index (χ0n) is 19.2. The Kier molecular flexibility index (Phi) is 7.51. The van der Waals surface area contributed by atoms with Gasteiger partial charge in [0.25, 0.3) is 5.69 Å². The van der Waals surface area contributed by atoms with Gasteiger partial charge in [0.05, 0.1) is 58.5 Å². The molecule has 4 rings (SSSR count). The maximum Gasteiger partial charge on any atom is 0.280 e. The summed E-state index contributed by atoms with van der Waals surface area (Å²) in [5.74, 6) is 0.560. The van der Waals surface area contributed by atoms with Crippen molar-refractivity contribution in [3.63, 3.8) is 0 Å². The molecular weight excluding hydrogens is 464 g/mol. The Balaban J connectivity index is 1.31. The summed E-state index contributed by atoms with van der Waals surface area (Å²) in [5, 5.41) is 43.3. The van der Waals surface area contributed by atoms with Gasteiger partial charge in [-0.1, -0.05) is 12.5 Å². The van der Waals surface area contributed by atoms with E-state index in [4.69, 9.17) is 13.9 Å². The smallest absolute Gasteiger partial charge is 0.280 e. The van der Waals surface area contributed by atoms with Crippen LogP contribution in [-0.4, -0.2) is 68.5 Å². The summed E-state index contributed by atoms with van der Waals surface area (Å²) in [5.41, 5.74) is 0.850. The van der Waals surface area contributed by atoms with Gasteiger partial charge in [0, 0.05) is 17.9 Å². The number of aliphatic hydroxyl groups is 3. The van der Waals surface area contributed by atoms with Crippen LogP contribution in [0.15, 0.2) is 27.6 Å². The predicted molar refractivity (Wildman–Crippen MR) is 124 cm³/mol. The van der Waals surface area contributed by atoms with Crippen molar-refractivity contribution < 1.29 is 34.1 Å². The molecule has 2 aliphatic heterocycles. The molecule has 0 spiro atoms. The molecule has 2 fully saturated rings. The number of aliphatic hydroxyl groups excluding tert-OH is 3. The molecule has 186 valence electrons. The SMILES string of the molecule is C/C(=C\c1ncc(-c2cc([N+](=O)[O-])cs2)o1)C[C@@H]1OC[C@H](C[C@H]2O[C@H]2[C@@H](C)[C@H](C)O)[C@@H](O)[C@H]1O. The number of hydrogen-bond acceptors (Lipinski definition) is 10. The van der Waals surface area contributed by atoms with E-state index in [1.807, 2.05) is 13.8 Å². The van der Waals surface area contributed by atoms with Crippen molar-refractivity contribution in [1.29, 1.82) is 0 Å². The third-order valence-corrected chi connectivity index (χ3v) is 7.56. The number of nitrogens with zero attached hydrogens (tertiary/aromatic N) is 2. The van der Waals surface area contributed by atoms with Crippen molar-refractivity contribution in [1.82, 2.24) is 4.98 Å². The summed E-state index contributed by atoms with van der Waals surface area (Å²) in [6, 6.07) is 1.44. The highest BCUT2D eigenvalue weighted by Crippen LogP contribution is 2.38. The van der Waals surface area contributed by atoms with Crippen molar-refractivity contribution in [2.75, 3.05) is 6.61 Å². The quantitative estimate of drug-likeness (QED) is 0.271. The van der Waals surface area contributed by atoms with Gasteiger partial charge in [-0.2, -0.15) is 0 Å². The van der Waals surface area contributed by atoms with E-state index in [0.717, 1.165) is 5.57 Å². The molecule has 2 aromatic rings. The van der Waals surface area contributed by atoms with Crippen molar-refractivity contribution in [3.8, 4) is 10.6 Å². The highest BCUT2D eigenvalue weighted by atomic mass is 32.1. The van der Waals surface area contributed by atoms with E-state index >= 15 is 0 Å². The van der Waals surface area contributed by atoms with Crippen LogP contribution in [0.1, 0.15) is 39.5 Å². The fourth-order valence-electron chi connectivity index (χ4n) is 4.32. The summed E-state index contributed by atoms with van der Waals surface area (Å²) < 4.78 is 17.2. The van der Waals surface area contributed by atoms with Gasteiger partial charge < -0.3 is 29.2 Å². The number of oxazole rings is 1. The summed E-state index contributed by atoms with van der Waals surface area (Å²) in [7, 11) is 0. The molecule has 2 saturated heterocycles.